The van der Waals surface area contributed by atoms with Gasteiger partial charge in [-0.25, -0.2) is 4.98 Å². The Morgan fingerprint density at radius 1 is 1.47 bits per heavy atom. The average molecular weight is 261 g/mol. The van der Waals surface area contributed by atoms with E-state index in [1.165, 1.54) is 12.3 Å². The summed E-state index contributed by atoms with van der Waals surface area (Å²) in [5, 5.41) is 21.1. The summed E-state index contributed by atoms with van der Waals surface area (Å²) in [5.41, 5.74) is 1.17. The van der Waals surface area contributed by atoms with Gasteiger partial charge in [-0.1, -0.05) is 0 Å². The van der Waals surface area contributed by atoms with E-state index in [0.717, 1.165) is 5.69 Å². The molecule has 6 nitrogen and oxygen atoms in total. The van der Waals surface area contributed by atoms with E-state index in [-0.39, 0.29) is 5.69 Å². The third-order valence-corrected chi connectivity index (χ3v) is 2.87. The molecule has 1 unspecified atom stereocenters. The van der Waals surface area contributed by atoms with Crippen LogP contribution in [0.3, 0.4) is 0 Å². The topological polar surface area (TPSA) is 79.5 Å². The molecule has 0 saturated carbocycles. The van der Waals surface area contributed by atoms with Crippen molar-refractivity contribution in [3.63, 3.8) is 0 Å². The molecule has 0 fully saturated rings. The van der Waals surface area contributed by atoms with Crippen LogP contribution in [0.2, 0.25) is 0 Å². The molecule has 100 valence electrons. The minimum Gasteiger partial charge on any atom is -0.392 e. The van der Waals surface area contributed by atoms with E-state index in [9.17, 15) is 15.2 Å². The van der Waals surface area contributed by atoms with E-state index in [2.05, 4.69) is 4.98 Å². The van der Waals surface area contributed by atoms with Gasteiger partial charge in [0.05, 0.1) is 11.0 Å². The second kappa shape index (κ2) is 5.19. The lowest BCUT2D eigenvalue weighted by molar-refractivity contribution is -0.383. The van der Waals surface area contributed by atoms with Crippen molar-refractivity contribution in [2.24, 2.45) is 0 Å². The lowest BCUT2D eigenvalue weighted by Gasteiger charge is -2.22. The number of nitro benzene ring substituents is 1. The van der Waals surface area contributed by atoms with Crippen LogP contribution >= 0.6 is 0 Å². The highest BCUT2D eigenvalue weighted by Crippen LogP contribution is 2.31. The molecule has 0 aliphatic carbocycles. The first kappa shape index (κ1) is 13.2. The summed E-state index contributed by atoms with van der Waals surface area (Å²) >= 11 is 0. The largest absolute Gasteiger partial charge is 0.392 e. The zero-order chi connectivity index (χ0) is 14.0. The molecule has 1 atom stereocenters. The predicted octanol–water partition coefficient (Wildman–Crippen LogP) is 1.96. The molecule has 19 heavy (non-hydrogen) atoms. The Bertz CT molecular complexity index is 613. The van der Waals surface area contributed by atoms with Crippen molar-refractivity contribution < 1.29 is 10.0 Å². The van der Waals surface area contributed by atoms with Crippen molar-refractivity contribution in [3.05, 3.63) is 40.6 Å². The maximum atomic E-state index is 11.0. The van der Waals surface area contributed by atoms with Crippen molar-refractivity contribution in [2.75, 3.05) is 18.5 Å². The number of nitrogens with zero attached hydrogens (tertiary/aromatic N) is 3. The second-order valence-corrected chi connectivity index (χ2v) is 4.49. The van der Waals surface area contributed by atoms with Crippen molar-refractivity contribution in [1.82, 2.24) is 4.98 Å². The summed E-state index contributed by atoms with van der Waals surface area (Å²) < 4.78 is 0. The van der Waals surface area contributed by atoms with E-state index in [4.69, 9.17) is 0 Å². The first-order valence-corrected chi connectivity index (χ1v) is 5.92. The average Bonchev–Trinajstić information content (AvgIpc) is 2.36. The maximum absolute atomic E-state index is 11.0. The van der Waals surface area contributed by atoms with Gasteiger partial charge in [-0.2, -0.15) is 0 Å². The number of aliphatic hydroxyl groups excluding tert-OH is 1. The molecular weight excluding hydrogens is 246 g/mol. The molecule has 0 radical (unpaired) electrons. The Morgan fingerprint density at radius 3 is 2.84 bits per heavy atom. The first-order chi connectivity index (χ1) is 9.00. The summed E-state index contributed by atoms with van der Waals surface area (Å²) in [6, 6.07) is 6.67. The SMILES string of the molecule is CC(O)CN(C)c1ccc([N+](=O)[O-])c2ncccc12. The van der Waals surface area contributed by atoms with Gasteiger partial charge in [-0.3, -0.25) is 10.1 Å². The third-order valence-electron chi connectivity index (χ3n) is 2.87. The van der Waals surface area contributed by atoms with Crippen LogP contribution in [0.1, 0.15) is 6.92 Å². The van der Waals surface area contributed by atoms with Gasteiger partial charge in [0.2, 0.25) is 0 Å². The smallest absolute Gasteiger partial charge is 0.295 e. The van der Waals surface area contributed by atoms with Crippen LogP contribution < -0.4 is 4.90 Å². The highest BCUT2D eigenvalue weighted by atomic mass is 16.6. The van der Waals surface area contributed by atoms with E-state index in [0.29, 0.717) is 17.4 Å². The molecule has 0 bridgehead atoms. The van der Waals surface area contributed by atoms with Crippen LogP contribution in [-0.4, -0.2) is 34.7 Å². The van der Waals surface area contributed by atoms with E-state index >= 15 is 0 Å². The summed E-state index contributed by atoms with van der Waals surface area (Å²) in [7, 11) is 1.83. The quantitative estimate of drug-likeness (QED) is 0.672. The van der Waals surface area contributed by atoms with Crippen molar-refractivity contribution in [3.8, 4) is 0 Å². The molecule has 6 heteroatoms. The minimum absolute atomic E-state index is 0.00945. The molecule has 0 aliphatic rings. The fourth-order valence-electron chi connectivity index (χ4n) is 2.12. The number of hydrogen-bond acceptors (Lipinski definition) is 5. The van der Waals surface area contributed by atoms with Gasteiger partial charge in [-0.05, 0) is 25.1 Å². The van der Waals surface area contributed by atoms with Crippen LogP contribution in [0.5, 0.6) is 0 Å². The number of fused-ring (bicyclic) bond motifs is 1. The fraction of sp³-hybridized carbons (Fsp3) is 0.308. The third kappa shape index (κ3) is 2.63. The van der Waals surface area contributed by atoms with Gasteiger partial charge in [0.25, 0.3) is 5.69 Å². The molecule has 1 aromatic heterocycles. The van der Waals surface area contributed by atoms with Crippen molar-refractivity contribution >= 4 is 22.3 Å². The lowest BCUT2D eigenvalue weighted by atomic mass is 10.1. The molecule has 0 saturated heterocycles. The number of rotatable bonds is 4. The minimum atomic E-state index is -0.480. The Labute approximate surface area is 110 Å². The molecule has 0 amide bonds. The fourth-order valence-corrected chi connectivity index (χ4v) is 2.12. The highest BCUT2D eigenvalue weighted by Gasteiger charge is 2.17. The normalized spacial score (nSPS) is 12.4. The summed E-state index contributed by atoms with van der Waals surface area (Å²) in [6.45, 7) is 2.14. The number of nitro groups is 1. The number of pyridine rings is 1. The number of hydrogen-bond donors (Lipinski definition) is 1. The van der Waals surface area contributed by atoms with Crippen LogP contribution in [0.25, 0.3) is 10.9 Å². The number of aliphatic hydroxyl groups is 1. The zero-order valence-electron chi connectivity index (χ0n) is 10.8. The Morgan fingerprint density at radius 2 is 2.21 bits per heavy atom. The summed E-state index contributed by atoms with van der Waals surface area (Å²) in [6.07, 6.45) is 1.06. The monoisotopic (exact) mass is 261 g/mol. The van der Waals surface area contributed by atoms with Gasteiger partial charge in [0.1, 0.15) is 5.52 Å². The van der Waals surface area contributed by atoms with Crippen LogP contribution in [-0.2, 0) is 0 Å². The maximum Gasteiger partial charge on any atom is 0.295 e. The summed E-state index contributed by atoms with van der Waals surface area (Å²) in [4.78, 5) is 16.5. The zero-order valence-corrected chi connectivity index (χ0v) is 10.8. The Kier molecular flexibility index (Phi) is 3.62. The molecule has 2 aromatic rings. The molecule has 0 spiro atoms. The lowest BCUT2D eigenvalue weighted by Crippen LogP contribution is -2.27. The number of aromatic nitrogens is 1. The van der Waals surface area contributed by atoms with Crippen molar-refractivity contribution in [2.45, 2.75) is 13.0 Å². The van der Waals surface area contributed by atoms with Gasteiger partial charge in [-0.15, -0.1) is 0 Å². The van der Waals surface area contributed by atoms with Gasteiger partial charge < -0.3 is 10.0 Å². The molecule has 1 aromatic carbocycles. The van der Waals surface area contributed by atoms with Gasteiger partial charge in [0, 0.05) is 36.9 Å². The van der Waals surface area contributed by atoms with E-state index in [1.807, 2.05) is 11.9 Å². The highest BCUT2D eigenvalue weighted by molar-refractivity contribution is 5.97. The van der Waals surface area contributed by atoms with Gasteiger partial charge in [0.15, 0.2) is 0 Å². The summed E-state index contributed by atoms with van der Waals surface area (Å²) in [5.74, 6) is 0. The number of anilines is 1. The number of likely N-dealkylation sites (N-methyl/N-ethyl adjacent to an activating group) is 1. The Hall–Kier alpha value is -2.21. The molecule has 0 aliphatic heterocycles. The van der Waals surface area contributed by atoms with Crippen LogP contribution in [0.15, 0.2) is 30.5 Å². The molecular formula is C13H15N3O3. The first-order valence-electron chi connectivity index (χ1n) is 5.92. The molecule has 2 rings (SSSR count). The Balaban J connectivity index is 2.58. The number of non-ortho nitro benzene ring substituents is 1. The molecule has 1 N–H and O–H groups in total. The number of benzene rings is 1. The molecule has 1 heterocycles. The van der Waals surface area contributed by atoms with E-state index < -0.39 is 11.0 Å². The predicted molar refractivity (Wildman–Crippen MR) is 73.3 cm³/mol. The standard InChI is InChI=1S/C13H15N3O3/c1-9(17)8-15(2)11-5-6-12(16(18)19)13-10(11)4-3-7-14-13/h3-7,9,17H,8H2,1-2H3. The second-order valence-electron chi connectivity index (χ2n) is 4.49. The van der Waals surface area contributed by atoms with E-state index in [1.54, 1.807) is 25.1 Å². The van der Waals surface area contributed by atoms with Gasteiger partial charge >= 0.3 is 0 Å². The van der Waals surface area contributed by atoms with Crippen molar-refractivity contribution in [1.29, 1.82) is 0 Å². The van der Waals surface area contributed by atoms with Crippen LogP contribution in [0.4, 0.5) is 11.4 Å². The van der Waals surface area contributed by atoms with Crippen LogP contribution in [0, 0.1) is 10.1 Å².